The molecule has 10 heteroatoms. The summed E-state index contributed by atoms with van der Waals surface area (Å²) in [6.07, 6.45) is 1.63. The number of nitrogens with one attached hydrogen (secondary N) is 3. The van der Waals surface area contributed by atoms with E-state index in [1.54, 1.807) is 54.7 Å². The van der Waals surface area contributed by atoms with Gasteiger partial charge in [-0.3, -0.25) is 9.88 Å². The zero-order chi connectivity index (χ0) is 28.9. The Morgan fingerprint density at radius 1 is 0.659 bits per heavy atom. The van der Waals surface area contributed by atoms with Crippen LogP contribution in [0.5, 0.6) is 0 Å². The van der Waals surface area contributed by atoms with Crippen molar-refractivity contribution in [1.82, 2.24) is 25.2 Å². The lowest BCUT2D eigenvalue weighted by molar-refractivity contribution is 0.264. The van der Waals surface area contributed by atoms with E-state index in [4.69, 9.17) is 0 Å². The fraction of sp³-hybridized carbons (Fsp3) is 0.258. The van der Waals surface area contributed by atoms with Crippen LogP contribution in [0.1, 0.15) is 22.4 Å². The molecule has 216 valence electrons. The van der Waals surface area contributed by atoms with E-state index in [2.05, 4.69) is 25.2 Å². The van der Waals surface area contributed by atoms with Crippen molar-refractivity contribution in [1.29, 1.82) is 0 Å². The SMILES string of the molecule is O=S(=O)(NCc1ccccn1)c1ccc(CN(CCNCc2ccc(F)cc2)CCNCc2ccc(F)cc2)cc1. The van der Waals surface area contributed by atoms with E-state index in [0.29, 0.717) is 25.3 Å². The zero-order valence-corrected chi connectivity index (χ0v) is 23.6. The van der Waals surface area contributed by atoms with Crippen molar-refractivity contribution < 1.29 is 17.2 Å². The maximum absolute atomic E-state index is 13.2. The van der Waals surface area contributed by atoms with E-state index < -0.39 is 10.0 Å². The number of hydrogen-bond donors (Lipinski definition) is 3. The molecular weight excluding hydrogens is 544 g/mol. The molecular formula is C31H35F2N5O2S. The predicted molar refractivity (Wildman–Crippen MR) is 156 cm³/mol. The van der Waals surface area contributed by atoms with E-state index in [1.807, 2.05) is 18.2 Å². The monoisotopic (exact) mass is 579 g/mol. The van der Waals surface area contributed by atoms with Gasteiger partial charge >= 0.3 is 0 Å². The molecule has 0 bridgehead atoms. The van der Waals surface area contributed by atoms with Gasteiger partial charge in [-0.1, -0.05) is 42.5 Å². The van der Waals surface area contributed by atoms with Crippen LogP contribution in [0, 0.1) is 11.6 Å². The van der Waals surface area contributed by atoms with Crippen LogP contribution in [0.15, 0.2) is 102 Å². The molecule has 0 saturated carbocycles. The summed E-state index contributed by atoms with van der Waals surface area (Å²) in [5, 5.41) is 6.81. The molecule has 7 nitrogen and oxygen atoms in total. The lowest BCUT2D eigenvalue weighted by Crippen LogP contribution is -2.36. The van der Waals surface area contributed by atoms with Gasteiger partial charge < -0.3 is 10.6 Å². The van der Waals surface area contributed by atoms with Gasteiger partial charge in [0, 0.05) is 52.0 Å². The summed E-state index contributed by atoms with van der Waals surface area (Å²) in [5.74, 6) is -0.508. The third-order valence-corrected chi connectivity index (χ3v) is 7.92. The number of halogens is 2. The molecule has 0 aliphatic rings. The second-order valence-corrected chi connectivity index (χ2v) is 11.4. The van der Waals surface area contributed by atoms with Crippen LogP contribution in [0.4, 0.5) is 8.78 Å². The quantitative estimate of drug-likeness (QED) is 0.172. The maximum Gasteiger partial charge on any atom is 0.240 e. The minimum absolute atomic E-state index is 0.120. The van der Waals surface area contributed by atoms with Crippen molar-refractivity contribution in [2.75, 3.05) is 26.2 Å². The van der Waals surface area contributed by atoms with Gasteiger partial charge in [0.1, 0.15) is 11.6 Å². The first-order chi connectivity index (χ1) is 19.9. The fourth-order valence-electron chi connectivity index (χ4n) is 4.20. The molecule has 0 spiro atoms. The molecule has 3 aromatic carbocycles. The second-order valence-electron chi connectivity index (χ2n) is 9.67. The van der Waals surface area contributed by atoms with Crippen LogP contribution in [-0.4, -0.2) is 44.5 Å². The summed E-state index contributed by atoms with van der Waals surface area (Å²) in [5.41, 5.74) is 3.65. The van der Waals surface area contributed by atoms with Crippen LogP contribution >= 0.6 is 0 Å². The van der Waals surface area contributed by atoms with Gasteiger partial charge in [-0.25, -0.2) is 21.9 Å². The zero-order valence-electron chi connectivity index (χ0n) is 22.8. The molecule has 41 heavy (non-hydrogen) atoms. The minimum Gasteiger partial charge on any atom is -0.311 e. The maximum atomic E-state index is 13.2. The summed E-state index contributed by atoms with van der Waals surface area (Å²) in [4.78, 5) is 6.63. The Labute approximate surface area is 240 Å². The normalized spacial score (nSPS) is 11.7. The van der Waals surface area contributed by atoms with Crippen molar-refractivity contribution in [2.45, 2.75) is 31.1 Å². The van der Waals surface area contributed by atoms with E-state index in [1.165, 1.54) is 24.3 Å². The molecule has 1 aromatic heterocycles. The Bertz CT molecular complexity index is 1380. The van der Waals surface area contributed by atoms with E-state index >= 15 is 0 Å². The van der Waals surface area contributed by atoms with Crippen LogP contribution in [0.2, 0.25) is 0 Å². The van der Waals surface area contributed by atoms with Crippen molar-refractivity contribution in [3.05, 3.63) is 131 Å². The number of nitrogens with zero attached hydrogens (tertiary/aromatic N) is 2. The Hall–Kier alpha value is -3.54. The molecule has 0 fully saturated rings. The summed E-state index contributed by atoms with van der Waals surface area (Å²) in [7, 11) is -3.67. The third-order valence-electron chi connectivity index (χ3n) is 6.50. The third kappa shape index (κ3) is 10.4. The first-order valence-corrected chi connectivity index (χ1v) is 15.0. The highest BCUT2D eigenvalue weighted by molar-refractivity contribution is 7.89. The largest absolute Gasteiger partial charge is 0.311 e. The molecule has 0 atom stereocenters. The van der Waals surface area contributed by atoms with Crippen molar-refractivity contribution >= 4 is 10.0 Å². The number of rotatable bonds is 16. The number of sulfonamides is 1. The first-order valence-electron chi connectivity index (χ1n) is 13.5. The van der Waals surface area contributed by atoms with Gasteiger partial charge in [-0.05, 0) is 65.2 Å². The van der Waals surface area contributed by atoms with Gasteiger partial charge in [-0.15, -0.1) is 0 Å². The summed E-state index contributed by atoms with van der Waals surface area (Å²) < 4.78 is 54.4. The number of pyridine rings is 1. The first kappa shape index (κ1) is 30.4. The van der Waals surface area contributed by atoms with E-state index in [-0.39, 0.29) is 23.1 Å². The molecule has 0 saturated heterocycles. The van der Waals surface area contributed by atoms with Crippen molar-refractivity contribution in [2.24, 2.45) is 0 Å². The van der Waals surface area contributed by atoms with Crippen molar-refractivity contribution in [3.63, 3.8) is 0 Å². The molecule has 4 aromatic rings. The second kappa shape index (κ2) is 15.5. The standard InChI is InChI=1S/C31H35F2N5O2S/c32-28-10-4-25(5-11-28)21-34-17-19-38(20-18-35-22-26-6-12-29(33)13-7-26)24-27-8-14-31(15-9-27)41(39,40)37-23-30-3-1-2-16-36-30/h1-16,34-35,37H,17-24H2. The molecule has 1 heterocycles. The van der Waals surface area contributed by atoms with E-state index in [0.717, 1.165) is 42.9 Å². The van der Waals surface area contributed by atoms with Gasteiger partial charge in [0.2, 0.25) is 10.0 Å². The van der Waals surface area contributed by atoms with Gasteiger partial charge in [0.25, 0.3) is 0 Å². The molecule has 3 N–H and O–H groups in total. The van der Waals surface area contributed by atoms with E-state index in [9.17, 15) is 17.2 Å². The fourth-order valence-corrected chi connectivity index (χ4v) is 5.20. The van der Waals surface area contributed by atoms with Crippen molar-refractivity contribution in [3.8, 4) is 0 Å². The molecule has 0 aliphatic carbocycles. The summed E-state index contributed by atoms with van der Waals surface area (Å²) in [6, 6.07) is 25.1. The number of benzene rings is 3. The highest BCUT2D eigenvalue weighted by atomic mass is 32.2. The van der Waals surface area contributed by atoms with Crippen LogP contribution in [0.3, 0.4) is 0 Å². The number of aromatic nitrogens is 1. The highest BCUT2D eigenvalue weighted by Gasteiger charge is 2.14. The van der Waals surface area contributed by atoms with Gasteiger partial charge in [0.05, 0.1) is 17.1 Å². The Morgan fingerprint density at radius 3 is 1.71 bits per heavy atom. The van der Waals surface area contributed by atoms with Crippen LogP contribution in [0.25, 0.3) is 0 Å². The molecule has 0 unspecified atom stereocenters. The Balaban J connectivity index is 1.31. The predicted octanol–water partition coefficient (Wildman–Crippen LogP) is 4.22. The molecule has 0 radical (unpaired) electrons. The summed E-state index contributed by atoms with van der Waals surface area (Å²) in [6.45, 7) is 4.98. The Morgan fingerprint density at radius 2 is 1.20 bits per heavy atom. The molecule has 4 rings (SSSR count). The average Bonchev–Trinajstić information content (AvgIpc) is 2.99. The highest BCUT2D eigenvalue weighted by Crippen LogP contribution is 2.13. The van der Waals surface area contributed by atoms with Crippen LogP contribution in [-0.2, 0) is 36.2 Å². The molecule has 0 aliphatic heterocycles. The number of hydrogen-bond acceptors (Lipinski definition) is 6. The summed E-state index contributed by atoms with van der Waals surface area (Å²) >= 11 is 0. The molecule has 0 amide bonds. The average molecular weight is 580 g/mol. The lowest BCUT2D eigenvalue weighted by atomic mass is 10.2. The Kier molecular flexibility index (Phi) is 11.5. The topological polar surface area (TPSA) is 86.4 Å². The minimum atomic E-state index is -3.67. The lowest BCUT2D eigenvalue weighted by Gasteiger charge is -2.23. The van der Waals surface area contributed by atoms with Gasteiger partial charge in [0.15, 0.2) is 0 Å². The van der Waals surface area contributed by atoms with Crippen LogP contribution < -0.4 is 15.4 Å². The van der Waals surface area contributed by atoms with Gasteiger partial charge in [-0.2, -0.15) is 0 Å². The smallest absolute Gasteiger partial charge is 0.240 e.